The fraction of sp³-hybridized carbons (Fsp3) is 0.0800. The molecule has 0 radical (unpaired) electrons. The summed E-state index contributed by atoms with van der Waals surface area (Å²) < 4.78 is 118. The molecule has 358 valence electrons. The summed E-state index contributed by atoms with van der Waals surface area (Å²) in [5.41, 5.74) is -8.54. The molecule has 8 aromatic rings. The quantitative estimate of drug-likeness (QED) is 0.0501. The van der Waals surface area contributed by atoms with Crippen LogP contribution in [0.25, 0.3) is 32.7 Å². The van der Waals surface area contributed by atoms with Crippen LogP contribution in [0.5, 0.6) is 0 Å². The van der Waals surface area contributed by atoms with Gasteiger partial charge in [0.2, 0.25) is 0 Å². The molecule has 0 N–H and O–H groups in total. The molecular weight excluding hydrogens is 1070 g/mol. The number of hydrogen-bond acceptors (Lipinski definition) is 8. The van der Waals surface area contributed by atoms with Crippen molar-refractivity contribution in [1.82, 2.24) is 0 Å². The molecule has 0 aliphatic heterocycles. The first-order valence-corrected chi connectivity index (χ1v) is 25.7. The van der Waals surface area contributed by atoms with Gasteiger partial charge >= 0.3 is 31.4 Å². The van der Waals surface area contributed by atoms with Crippen LogP contribution in [0.15, 0.2) is 194 Å². The van der Waals surface area contributed by atoms with Crippen molar-refractivity contribution in [3.8, 4) is 23.3 Å². The van der Waals surface area contributed by atoms with Crippen LogP contribution in [0.1, 0.15) is 13.8 Å². The van der Waals surface area contributed by atoms with Crippen molar-refractivity contribution in [3.05, 3.63) is 194 Å². The Hall–Kier alpha value is -5.82. The van der Waals surface area contributed by atoms with E-state index in [2.05, 4.69) is 194 Å². The second kappa shape index (κ2) is 26.2. The maximum absolute atomic E-state index is 10.7. The zero-order valence-corrected chi connectivity index (χ0v) is 41.4. The van der Waals surface area contributed by atoms with Gasteiger partial charge in [-0.2, -0.15) is 36.9 Å². The average molecular weight is 1110 g/mol. The summed E-state index contributed by atoms with van der Waals surface area (Å²) in [7, 11) is -14.9. The molecule has 0 aliphatic rings. The van der Waals surface area contributed by atoms with Crippen molar-refractivity contribution in [2.24, 2.45) is 0 Å². The second-order valence-corrected chi connectivity index (χ2v) is 21.5. The molecule has 0 aromatic heterocycles. The van der Waals surface area contributed by atoms with Crippen LogP contribution in [0.2, 0.25) is 0 Å². The number of benzene rings is 8. The average Bonchev–Trinajstić information content (AvgIpc) is 3.30. The van der Waals surface area contributed by atoms with Gasteiger partial charge in [-0.25, -0.2) is 16.8 Å². The third kappa shape index (κ3) is 15.6. The van der Waals surface area contributed by atoms with Gasteiger partial charge in [0.15, 0.2) is 20.2 Å². The molecule has 0 aliphatic carbocycles. The van der Waals surface area contributed by atoms with E-state index < -0.39 is 47.1 Å². The smallest absolute Gasteiger partial charge is 0.741 e. The van der Waals surface area contributed by atoms with E-state index in [1.165, 1.54) is 78.3 Å². The Labute approximate surface area is 412 Å². The summed E-state index contributed by atoms with van der Waals surface area (Å²) in [6.45, 7) is 2.86. The maximum Gasteiger partial charge on any atom is 2.00 e. The molecule has 0 spiro atoms. The van der Waals surface area contributed by atoms with Gasteiger partial charge in [0.1, 0.15) is 31.8 Å². The molecule has 0 amide bonds. The molecular formula is C50H40F6N2O6P2PdS2+2. The van der Waals surface area contributed by atoms with Crippen molar-refractivity contribution in [2.45, 2.75) is 24.9 Å². The van der Waals surface area contributed by atoms with E-state index in [1.807, 2.05) is 0 Å². The van der Waals surface area contributed by atoms with E-state index in [9.17, 15) is 26.3 Å². The van der Waals surface area contributed by atoms with Gasteiger partial charge < -0.3 is 9.11 Å². The summed E-state index contributed by atoms with van der Waals surface area (Å²) in [6, 6.07) is 75.7. The molecule has 0 atom stereocenters. The van der Waals surface area contributed by atoms with Gasteiger partial charge in [0.05, 0.1) is 28.0 Å². The SMILES string of the molecule is CC#N.CC#N.O=S(=O)([O-])C(F)(F)F.O=S(=O)([O-])C(F)(F)F.[Pd+2].c1ccc([PH+](c2ccccc2)c2ccc3ccccc3c2-c2c([PH+](c3ccccc3)c3ccccc3)ccc3ccccc23)cc1. The fourth-order valence-electron chi connectivity index (χ4n) is 6.87. The minimum atomic E-state index is -6.09. The van der Waals surface area contributed by atoms with Crippen LogP contribution >= 0.6 is 15.8 Å². The Bertz CT molecular complexity index is 2920. The molecule has 8 rings (SSSR count). The standard InChI is InChI=1S/C44H32P2.2C2H3N.2CHF3O3S.Pd/c1-5-19-35(20-6-1)45(36-21-7-2-8-22-36)41-31-29-33-17-13-15-27-39(33)43(41)44-40-28-16-14-18-34(40)30-32-42(44)46(37-23-9-3-10-24-37)38-25-11-4-12-26-38;2*1-2-3;2*2-1(3,4)8(5,6)7;/h1-32H;2*1H3;2*(H,5,6,7);/q;;;;;+2. The van der Waals surface area contributed by atoms with Gasteiger partial charge in [0.25, 0.3) is 0 Å². The largest absolute Gasteiger partial charge is 2.00 e. The monoisotopic (exact) mass is 1110 g/mol. The Morgan fingerprint density at radius 3 is 0.826 bits per heavy atom. The molecule has 0 bridgehead atoms. The minimum Gasteiger partial charge on any atom is -0.741 e. The first-order chi connectivity index (χ1) is 32.2. The van der Waals surface area contributed by atoms with Crippen molar-refractivity contribution < 1.29 is 72.7 Å². The number of hydrogen-bond donors (Lipinski definition) is 0. The van der Waals surface area contributed by atoms with Crippen molar-refractivity contribution in [1.29, 1.82) is 10.5 Å². The van der Waals surface area contributed by atoms with Crippen LogP contribution in [-0.4, -0.2) is 37.0 Å². The summed E-state index contributed by atoms with van der Waals surface area (Å²) in [5.74, 6) is 0. The number of nitriles is 2. The van der Waals surface area contributed by atoms with Crippen molar-refractivity contribution >= 4 is 89.5 Å². The molecule has 0 saturated carbocycles. The first kappa shape index (κ1) is 57.5. The fourth-order valence-corrected chi connectivity index (χ4v) is 12.4. The normalized spacial score (nSPS) is 11.1. The van der Waals surface area contributed by atoms with Gasteiger partial charge in [-0.15, -0.1) is 0 Å². The number of nitrogens with zero attached hydrogens (tertiary/aromatic N) is 2. The Kier molecular flexibility index (Phi) is 21.9. The summed E-state index contributed by atoms with van der Waals surface area (Å²) in [5, 5.41) is 28.3. The number of fused-ring (bicyclic) bond motifs is 2. The number of rotatable bonds is 7. The van der Waals surface area contributed by atoms with Crippen molar-refractivity contribution in [2.75, 3.05) is 0 Å². The van der Waals surface area contributed by atoms with E-state index in [1.54, 1.807) is 12.1 Å². The van der Waals surface area contributed by atoms with Crippen LogP contribution in [0, 0.1) is 22.7 Å². The van der Waals surface area contributed by atoms with Gasteiger partial charge in [-0.05, 0) is 82.2 Å². The molecule has 0 unspecified atom stereocenters. The van der Waals surface area contributed by atoms with E-state index in [-0.39, 0.29) is 20.4 Å². The first-order valence-electron chi connectivity index (χ1n) is 19.9. The molecule has 0 saturated heterocycles. The van der Waals surface area contributed by atoms with E-state index in [0.29, 0.717) is 0 Å². The summed E-state index contributed by atoms with van der Waals surface area (Å²) in [4.78, 5) is 0. The zero-order valence-electron chi connectivity index (χ0n) is 36.2. The third-order valence-corrected chi connectivity index (χ3v) is 16.2. The Morgan fingerprint density at radius 2 is 0.609 bits per heavy atom. The predicted molar refractivity (Wildman–Crippen MR) is 261 cm³/mol. The van der Waals surface area contributed by atoms with Crippen LogP contribution in [-0.2, 0) is 40.7 Å². The molecule has 69 heavy (non-hydrogen) atoms. The van der Waals surface area contributed by atoms with Gasteiger partial charge in [-0.1, -0.05) is 133 Å². The second-order valence-electron chi connectivity index (χ2n) is 13.9. The summed E-state index contributed by atoms with van der Waals surface area (Å²) >= 11 is 0. The molecule has 19 heteroatoms. The zero-order chi connectivity index (χ0) is 50.1. The Balaban J connectivity index is 0.000000461. The minimum absolute atomic E-state index is 0. The topological polar surface area (TPSA) is 162 Å². The summed E-state index contributed by atoms with van der Waals surface area (Å²) in [6.07, 6.45) is 0. The molecule has 0 heterocycles. The van der Waals surface area contributed by atoms with Crippen LogP contribution in [0.4, 0.5) is 26.3 Å². The molecule has 0 fully saturated rings. The molecule has 8 nitrogen and oxygen atoms in total. The maximum atomic E-state index is 10.7. The van der Waals surface area contributed by atoms with Crippen molar-refractivity contribution in [3.63, 3.8) is 0 Å². The van der Waals surface area contributed by atoms with E-state index in [0.717, 1.165) is 0 Å². The van der Waals surface area contributed by atoms with Gasteiger partial charge in [-0.3, -0.25) is 0 Å². The predicted octanol–water partition coefficient (Wildman–Crippen LogP) is 9.80. The number of halogens is 6. The van der Waals surface area contributed by atoms with E-state index >= 15 is 0 Å². The Morgan fingerprint density at radius 1 is 0.406 bits per heavy atom. The van der Waals surface area contributed by atoms with E-state index in [4.69, 9.17) is 36.5 Å². The third-order valence-electron chi connectivity index (χ3n) is 9.46. The number of alkyl halides is 6. The molecule has 8 aromatic carbocycles. The van der Waals surface area contributed by atoms with Gasteiger partial charge in [0, 0.05) is 25.0 Å². The van der Waals surface area contributed by atoms with Crippen LogP contribution < -0.4 is 31.8 Å². The van der Waals surface area contributed by atoms with Crippen LogP contribution in [0.3, 0.4) is 0 Å².